The van der Waals surface area contributed by atoms with E-state index in [4.69, 9.17) is 4.74 Å². The highest BCUT2D eigenvalue weighted by molar-refractivity contribution is 5.63. The van der Waals surface area contributed by atoms with Crippen LogP contribution in [0.3, 0.4) is 0 Å². The maximum atomic E-state index is 14.1. The zero-order chi connectivity index (χ0) is 22.6. The van der Waals surface area contributed by atoms with Gasteiger partial charge in [0.25, 0.3) is 5.95 Å². The van der Waals surface area contributed by atoms with Gasteiger partial charge in [0.15, 0.2) is 11.6 Å². The highest BCUT2D eigenvalue weighted by atomic mass is 19.4. The zero-order valence-electron chi connectivity index (χ0n) is 16.8. The van der Waals surface area contributed by atoms with Crippen LogP contribution in [0.25, 0.3) is 11.1 Å². The molecule has 1 aliphatic rings. The number of ether oxygens (including phenoxy) is 1. The third-order valence-electron chi connectivity index (χ3n) is 4.76. The molecule has 4 rings (SSSR count). The smallest absolute Gasteiger partial charge is 0.378 e. The maximum Gasteiger partial charge on any atom is 0.416 e. The van der Waals surface area contributed by atoms with E-state index >= 15 is 0 Å². The van der Waals surface area contributed by atoms with Gasteiger partial charge in [0.2, 0.25) is 0 Å². The highest BCUT2D eigenvalue weighted by Crippen LogP contribution is 2.32. The lowest BCUT2D eigenvalue weighted by Crippen LogP contribution is -2.37. The normalized spacial score (nSPS) is 14.8. The Morgan fingerprint density at radius 1 is 1.00 bits per heavy atom. The highest BCUT2D eigenvalue weighted by Gasteiger charge is 2.30. The molecule has 0 atom stereocenters. The molecule has 0 aliphatic carbocycles. The first-order valence-corrected chi connectivity index (χ1v) is 9.75. The van der Waals surface area contributed by atoms with Crippen LogP contribution in [0.4, 0.5) is 29.3 Å². The summed E-state index contributed by atoms with van der Waals surface area (Å²) >= 11 is 0. The number of azo groups is 1. The Hall–Kier alpha value is -3.47. The lowest BCUT2D eigenvalue weighted by atomic mass is 10.0. The minimum absolute atomic E-state index is 0.0217. The minimum Gasteiger partial charge on any atom is -0.378 e. The molecule has 0 spiro atoms. The first kappa shape index (κ1) is 21.8. The Labute approximate surface area is 180 Å². The third-order valence-corrected chi connectivity index (χ3v) is 4.76. The summed E-state index contributed by atoms with van der Waals surface area (Å²) in [5, 5.41) is 7.93. The molecule has 0 unspecified atom stereocenters. The van der Waals surface area contributed by atoms with Crippen molar-refractivity contribution in [3.8, 4) is 11.1 Å². The van der Waals surface area contributed by atoms with Crippen molar-refractivity contribution in [1.29, 1.82) is 0 Å². The van der Waals surface area contributed by atoms with Crippen molar-refractivity contribution in [1.82, 2.24) is 15.0 Å². The number of rotatable bonds is 5. The lowest BCUT2D eigenvalue weighted by Gasteiger charge is -2.27. The molecule has 3 heterocycles. The van der Waals surface area contributed by atoms with Crippen molar-refractivity contribution in [3.05, 3.63) is 65.9 Å². The standard InChI is InChI=1S/C21H18F4N6O/c22-18-13-27-20(29-19(18)31-6-8-32-9-7-31)30-28-12-17-5-4-15(11-26-17)14-2-1-3-16(10-14)21(23,24)25/h1-5,10-11,13H,6-9,12H2. The fourth-order valence-corrected chi connectivity index (χ4v) is 3.13. The van der Waals surface area contributed by atoms with Crippen molar-refractivity contribution in [2.75, 3.05) is 31.2 Å². The number of hydrogen-bond acceptors (Lipinski definition) is 7. The molecule has 0 saturated carbocycles. The van der Waals surface area contributed by atoms with Crippen molar-refractivity contribution >= 4 is 11.8 Å². The number of hydrogen-bond donors (Lipinski definition) is 0. The number of nitrogens with zero attached hydrogens (tertiary/aromatic N) is 6. The van der Waals surface area contributed by atoms with Gasteiger partial charge in [-0.1, -0.05) is 18.2 Å². The molecule has 1 aromatic carbocycles. The van der Waals surface area contributed by atoms with Gasteiger partial charge in [-0.05, 0) is 23.8 Å². The average molecular weight is 446 g/mol. The molecule has 7 nitrogen and oxygen atoms in total. The summed E-state index contributed by atoms with van der Waals surface area (Å²) in [5.74, 6) is -0.369. The third kappa shape index (κ3) is 5.22. The summed E-state index contributed by atoms with van der Waals surface area (Å²) < 4.78 is 58.0. The Balaban J connectivity index is 1.43. The molecule has 0 radical (unpaired) electrons. The van der Waals surface area contributed by atoms with Gasteiger partial charge < -0.3 is 9.64 Å². The van der Waals surface area contributed by atoms with Gasteiger partial charge in [-0.3, -0.25) is 4.98 Å². The molecule has 0 bridgehead atoms. The predicted octanol–water partition coefficient (Wildman–Crippen LogP) is 4.82. The first-order chi connectivity index (χ1) is 15.4. The van der Waals surface area contributed by atoms with Crippen LogP contribution >= 0.6 is 0 Å². The molecular formula is C21H18F4N6O. The topological polar surface area (TPSA) is 75.9 Å². The second-order valence-corrected chi connectivity index (χ2v) is 6.96. The van der Waals surface area contributed by atoms with E-state index in [9.17, 15) is 17.6 Å². The van der Waals surface area contributed by atoms with Crippen LogP contribution in [0.1, 0.15) is 11.3 Å². The van der Waals surface area contributed by atoms with Gasteiger partial charge in [0, 0.05) is 24.8 Å². The van der Waals surface area contributed by atoms with Crippen LogP contribution in [-0.2, 0) is 17.5 Å². The number of anilines is 1. The molecule has 3 aromatic rings. The van der Waals surface area contributed by atoms with Crippen LogP contribution in [0.5, 0.6) is 0 Å². The number of halogens is 4. The van der Waals surface area contributed by atoms with E-state index in [2.05, 4.69) is 25.2 Å². The second kappa shape index (κ2) is 9.35. The van der Waals surface area contributed by atoms with Gasteiger partial charge in [-0.2, -0.15) is 23.3 Å². The van der Waals surface area contributed by atoms with Gasteiger partial charge in [0.1, 0.15) is 6.54 Å². The van der Waals surface area contributed by atoms with E-state index < -0.39 is 17.6 Å². The van der Waals surface area contributed by atoms with Crippen LogP contribution in [0.15, 0.2) is 59.0 Å². The molecule has 1 aliphatic heterocycles. The van der Waals surface area contributed by atoms with E-state index in [1.165, 1.54) is 12.3 Å². The average Bonchev–Trinajstić information content (AvgIpc) is 2.81. The summed E-state index contributed by atoms with van der Waals surface area (Å²) in [5.41, 5.74) is 0.799. The van der Waals surface area contributed by atoms with Gasteiger partial charge in [0.05, 0.1) is 30.7 Å². The maximum absolute atomic E-state index is 14.1. The Morgan fingerprint density at radius 3 is 2.53 bits per heavy atom. The molecule has 166 valence electrons. The van der Waals surface area contributed by atoms with E-state index in [1.807, 2.05) is 0 Å². The van der Waals surface area contributed by atoms with Crippen molar-refractivity contribution in [2.45, 2.75) is 12.7 Å². The fourth-order valence-electron chi connectivity index (χ4n) is 3.13. The number of pyridine rings is 1. The Kier molecular flexibility index (Phi) is 6.35. The summed E-state index contributed by atoms with van der Waals surface area (Å²) in [6.07, 6.45) is -1.88. The Bertz CT molecular complexity index is 1100. The van der Waals surface area contributed by atoms with Crippen molar-refractivity contribution in [3.63, 3.8) is 0 Å². The van der Waals surface area contributed by atoms with Crippen LogP contribution in [-0.4, -0.2) is 41.3 Å². The summed E-state index contributed by atoms with van der Waals surface area (Å²) in [4.78, 5) is 13.9. The number of morpholine rings is 1. The fraction of sp³-hybridized carbons (Fsp3) is 0.286. The lowest BCUT2D eigenvalue weighted by molar-refractivity contribution is -0.137. The zero-order valence-corrected chi connectivity index (χ0v) is 16.8. The SMILES string of the molecule is Fc1cnc(N=NCc2ccc(-c3cccc(C(F)(F)F)c3)cn2)nc1N1CCOCC1. The summed E-state index contributed by atoms with van der Waals surface area (Å²) in [6, 6.07) is 8.36. The molecule has 2 aromatic heterocycles. The van der Waals surface area contributed by atoms with E-state index in [1.54, 1.807) is 23.1 Å². The molecule has 1 saturated heterocycles. The van der Waals surface area contributed by atoms with E-state index in [-0.39, 0.29) is 18.3 Å². The molecule has 0 amide bonds. The van der Waals surface area contributed by atoms with Gasteiger partial charge in [-0.15, -0.1) is 5.11 Å². The summed E-state index contributed by atoms with van der Waals surface area (Å²) in [6.45, 7) is 2.13. The second-order valence-electron chi connectivity index (χ2n) is 6.96. The van der Waals surface area contributed by atoms with E-state index in [0.717, 1.165) is 18.3 Å². The quantitative estimate of drug-likeness (QED) is 0.415. The number of aromatic nitrogens is 3. The number of benzene rings is 1. The predicted molar refractivity (Wildman–Crippen MR) is 108 cm³/mol. The molecule has 11 heteroatoms. The summed E-state index contributed by atoms with van der Waals surface area (Å²) in [7, 11) is 0. The monoisotopic (exact) mass is 446 g/mol. The van der Waals surface area contributed by atoms with Crippen LogP contribution < -0.4 is 4.90 Å². The molecule has 1 fully saturated rings. The largest absolute Gasteiger partial charge is 0.416 e. The van der Waals surface area contributed by atoms with Crippen LogP contribution in [0.2, 0.25) is 0 Å². The van der Waals surface area contributed by atoms with Gasteiger partial charge in [-0.25, -0.2) is 9.37 Å². The van der Waals surface area contributed by atoms with Crippen LogP contribution in [0, 0.1) is 5.82 Å². The molecular weight excluding hydrogens is 428 g/mol. The molecule has 0 N–H and O–H groups in total. The van der Waals surface area contributed by atoms with Crippen molar-refractivity contribution < 1.29 is 22.3 Å². The first-order valence-electron chi connectivity index (χ1n) is 9.75. The van der Waals surface area contributed by atoms with Crippen molar-refractivity contribution in [2.24, 2.45) is 10.2 Å². The Morgan fingerprint density at radius 2 is 1.81 bits per heavy atom. The van der Waals surface area contributed by atoms with Gasteiger partial charge >= 0.3 is 6.18 Å². The van der Waals surface area contributed by atoms with E-state index in [0.29, 0.717) is 43.1 Å². The minimum atomic E-state index is -4.41. The number of alkyl halides is 3. The molecule has 32 heavy (non-hydrogen) atoms.